The van der Waals surface area contributed by atoms with Gasteiger partial charge in [0.05, 0.1) is 0 Å². The molecule has 5 heteroatoms. The van der Waals surface area contributed by atoms with Crippen LogP contribution in [0.5, 0.6) is 0 Å². The molecule has 122 valence electrons. The highest BCUT2D eigenvalue weighted by atomic mass is 16.2. The molecule has 0 aliphatic heterocycles. The smallest absolute Gasteiger partial charge is 0.244 e. The highest BCUT2D eigenvalue weighted by molar-refractivity contribution is 5.89. The van der Waals surface area contributed by atoms with E-state index in [-0.39, 0.29) is 12.5 Å². The van der Waals surface area contributed by atoms with E-state index in [1.165, 1.54) is 0 Å². The van der Waals surface area contributed by atoms with Gasteiger partial charge in [-0.1, -0.05) is 48.5 Å². The van der Waals surface area contributed by atoms with E-state index < -0.39 is 11.9 Å². The normalized spacial score (nSPS) is 12.0. The van der Waals surface area contributed by atoms with Crippen molar-refractivity contribution < 1.29 is 9.59 Å². The van der Waals surface area contributed by atoms with Gasteiger partial charge < -0.3 is 15.6 Å². The lowest BCUT2D eigenvalue weighted by Gasteiger charge is -2.16. The fourth-order valence-electron chi connectivity index (χ4n) is 2.89. The van der Waals surface area contributed by atoms with E-state index in [2.05, 4.69) is 5.32 Å². The zero-order valence-electron chi connectivity index (χ0n) is 13.4. The number of aryl methyl sites for hydroxylation is 1. The van der Waals surface area contributed by atoms with Crippen molar-refractivity contribution in [2.45, 2.75) is 19.5 Å². The van der Waals surface area contributed by atoms with Crippen molar-refractivity contribution in [1.29, 1.82) is 0 Å². The number of amides is 2. The van der Waals surface area contributed by atoms with Crippen molar-refractivity contribution >= 4 is 22.7 Å². The van der Waals surface area contributed by atoms with Gasteiger partial charge >= 0.3 is 0 Å². The second-order valence-corrected chi connectivity index (χ2v) is 5.77. The van der Waals surface area contributed by atoms with Crippen LogP contribution in [0.3, 0.4) is 0 Å². The molecule has 0 fully saturated rings. The van der Waals surface area contributed by atoms with E-state index >= 15 is 0 Å². The zero-order chi connectivity index (χ0) is 17.1. The van der Waals surface area contributed by atoms with Crippen molar-refractivity contribution in [2.24, 2.45) is 5.73 Å². The summed E-state index contributed by atoms with van der Waals surface area (Å²) in [6.07, 6.45) is 1.94. The maximum absolute atomic E-state index is 12.4. The molecule has 1 atom stereocenters. The molecular formula is C19H19N3O2. The fourth-order valence-corrected chi connectivity index (χ4v) is 2.89. The number of nitrogens with two attached hydrogens (primary N) is 1. The number of benzene rings is 2. The Morgan fingerprint density at radius 3 is 2.46 bits per heavy atom. The summed E-state index contributed by atoms with van der Waals surface area (Å²) in [6, 6.07) is 16.1. The van der Waals surface area contributed by atoms with E-state index in [4.69, 9.17) is 5.73 Å². The van der Waals surface area contributed by atoms with Crippen molar-refractivity contribution in [3.8, 4) is 0 Å². The van der Waals surface area contributed by atoms with Crippen LogP contribution in [0.4, 0.5) is 0 Å². The average Bonchev–Trinajstić information content (AvgIpc) is 2.89. The summed E-state index contributed by atoms with van der Waals surface area (Å²) in [5, 5.41) is 3.83. The van der Waals surface area contributed by atoms with Crippen LogP contribution in [-0.2, 0) is 16.1 Å². The van der Waals surface area contributed by atoms with Crippen LogP contribution in [0, 0.1) is 6.92 Å². The molecule has 0 saturated carbocycles. The van der Waals surface area contributed by atoms with Crippen LogP contribution >= 0.6 is 0 Å². The van der Waals surface area contributed by atoms with Gasteiger partial charge in [-0.25, -0.2) is 0 Å². The molecule has 0 saturated heterocycles. The van der Waals surface area contributed by atoms with Crippen molar-refractivity contribution in [3.63, 3.8) is 0 Å². The van der Waals surface area contributed by atoms with Gasteiger partial charge in [0.15, 0.2) is 0 Å². The maximum atomic E-state index is 12.4. The number of hydrogen-bond donors (Lipinski definition) is 2. The molecule has 1 aromatic heterocycles. The summed E-state index contributed by atoms with van der Waals surface area (Å²) in [7, 11) is 0. The van der Waals surface area contributed by atoms with Gasteiger partial charge in [-0.15, -0.1) is 0 Å². The molecule has 3 rings (SSSR count). The summed E-state index contributed by atoms with van der Waals surface area (Å²) in [5.74, 6) is -0.841. The standard InChI is InChI=1S/C19H19N3O2/c1-13-11-22(16-10-6-5-9-15(13)16)12-17(23)21-18(19(20)24)14-7-3-2-4-8-14/h2-11,18H,12H2,1H3,(H2,20,24)(H,21,23)/t18-/m1/s1. The van der Waals surface area contributed by atoms with Crippen molar-refractivity contribution in [1.82, 2.24) is 9.88 Å². The molecule has 3 aromatic rings. The summed E-state index contributed by atoms with van der Waals surface area (Å²) in [5.41, 5.74) is 8.21. The van der Waals surface area contributed by atoms with Crippen LogP contribution in [-0.4, -0.2) is 16.4 Å². The van der Waals surface area contributed by atoms with Crippen molar-refractivity contribution in [2.75, 3.05) is 0 Å². The molecule has 0 aliphatic carbocycles. The van der Waals surface area contributed by atoms with Gasteiger partial charge in [-0.05, 0) is 24.1 Å². The third-order valence-electron chi connectivity index (χ3n) is 4.02. The number of carbonyl (C=O) groups excluding carboxylic acids is 2. The van der Waals surface area contributed by atoms with E-state index in [0.29, 0.717) is 5.56 Å². The Morgan fingerprint density at radius 2 is 1.75 bits per heavy atom. The monoisotopic (exact) mass is 321 g/mol. The number of nitrogens with zero attached hydrogens (tertiary/aromatic N) is 1. The summed E-state index contributed by atoms with van der Waals surface area (Å²) >= 11 is 0. The maximum Gasteiger partial charge on any atom is 0.244 e. The minimum Gasteiger partial charge on any atom is -0.368 e. The third-order valence-corrected chi connectivity index (χ3v) is 4.02. The molecule has 1 heterocycles. The highest BCUT2D eigenvalue weighted by Gasteiger charge is 2.20. The van der Waals surface area contributed by atoms with Gasteiger partial charge in [0.25, 0.3) is 0 Å². The lowest BCUT2D eigenvalue weighted by Crippen LogP contribution is -2.39. The summed E-state index contributed by atoms with van der Waals surface area (Å²) in [4.78, 5) is 24.1. The molecule has 0 aliphatic rings. The second-order valence-electron chi connectivity index (χ2n) is 5.77. The Hall–Kier alpha value is -3.08. The number of rotatable bonds is 5. The molecule has 24 heavy (non-hydrogen) atoms. The topological polar surface area (TPSA) is 77.1 Å². The SMILES string of the molecule is Cc1cn(CC(=O)N[C@@H](C(N)=O)c2ccccc2)c2ccccc12. The lowest BCUT2D eigenvalue weighted by atomic mass is 10.1. The predicted octanol–water partition coefficient (Wildman–Crippen LogP) is 2.29. The molecule has 2 aromatic carbocycles. The predicted molar refractivity (Wildman–Crippen MR) is 93.2 cm³/mol. The van der Waals surface area contributed by atoms with Crippen LogP contribution in [0.2, 0.25) is 0 Å². The number of nitrogens with one attached hydrogen (secondary N) is 1. The number of primary amides is 1. The highest BCUT2D eigenvalue weighted by Crippen LogP contribution is 2.20. The van der Waals surface area contributed by atoms with Crippen molar-refractivity contribution in [3.05, 3.63) is 71.9 Å². The van der Waals surface area contributed by atoms with E-state index in [9.17, 15) is 9.59 Å². The molecule has 5 nitrogen and oxygen atoms in total. The number of hydrogen-bond acceptors (Lipinski definition) is 2. The van der Waals surface area contributed by atoms with E-state index in [0.717, 1.165) is 16.5 Å². The average molecular weight is 321 g/mol. The number of para-hydroxylation sites is 1. The van der Waals surface area contributed by atoms with Gasteiger partial charge in [-0.2, -0.15) is 0 Å². The summed E-state index contributed by atoms with van der Waals surface area (Å²) < 4.78 is 1.88. The largest absolute Gasteiger partial charge is 0.368 e. The molecule has 0 unspecified atom stereocenters. The molecule has 0 radical (unpaired) electrons. The Kier molecular flexibility index (Phi) is 4.33. The molecular weight excluding hydrogens is 302 g/mol. The van der Waals surface area contributed by atoms with E-state index in [1.807, 2.05) is 48.0 Å². The Morgan fingerprint density at radius 1 is 1.08 bits per heavy atom. The first-order valence-corrected chi connectivity index (χ1v) is 7.74. The first kappa shape index (κ1) is 15.8. The minimum absolute atomic E-state index is 0.130. The van der Waals surface area contributed by atoms with Gasteiger partial charge in [0.1, 0.15) is 12.6 Å². The Balaban J connectivity index is 1.80. The quantitative estimate of drug-likeness (QED) is 0.756. The number of carbonyl (C=O) groups is 2. The fraction of sp³-hybridized carbons (Fsp3) is 0.158. The third kappa shape index (κ3) is 3.15. The number of aromatic nitrogens is 1. The molecule has 2 amide bonds. The van der Waals surface area contributed by atoms with Crippen LogP contribution in [0.15, 0.2) is 60.8 Å². The Labute approximate surface area is 140 Å². The lowest BCUT2D eigenvalue weighted by molar-refractivity contribution is -0.127. The van der Waals surface area contributed by atoms with Gasteiger partial charge in [-0.3, -0.25) is 9.59 Å². The van der Waals surface area contributed by atoms with Crippen LogP contribution < -0.4 is 11.1 Å². The Bertz CT molecular complexity index is 884. The first-order chi connectivity index (χ1) is 11.6. The second kappa shape index (κ2) is 6.58. The van der Waals surface area contributed by atoms with Gasteiger partial charge in [0, 0.05) is 17.1 Å². The van der Waals surface area contributed by atoms with E-state index in [1.54, 1.807) is 24.3 Å². The van der Waals surface area contributed by atoms with Crippen LogP contribution in [0.25, 0.3) is 10.9 Å². The number of fused-ring (bicyclic) bond motifs is 1. The van der Waals surface area contributed by atoms with Crippen LogP contribution in [0.1, 0.15) is 17.2 Å². The molecule has 0 bridgehead atoms. The zero-order valence-corrected chi connectivity index (χ0v) is 13.4. The van der Waals surface area contributed by atoms with Gasteiger partial charge in [0.2, 0.25) is 11.8 Å². The molecule has 0 spiro atoms. The first-order valence-electron chi connectivity index (χ1n) is 7.74. The summed E-state index contributed by atoms with van der Waals surface area (Å²) in [6.45, 7) is 2.14. The minimum atomic E-state index is -0.832. The molecule has 3 N–H and O–H groups in total.